The zero-order valence-electron chi connectivity index (χ0n) is 14.9. The van der Waals surface area contributed by atoms with E-state index in [9.17, 15) is 0 Å². The summed E-state index contributed by atoms with van der Waals surface area (Å²) in [4.78, 5) is 2.67. The quantitative estimate of drug-likeness (QED) is 0.578. The van der Waals surface area contributed by atoms with Crippen LogP contribution < -0.4 is 17.0 Å². The lowest BCUT2D eigenvalue weighted by atomic mass is 9.85. The first-order valence-electron chi connectivity index (χ1n) is 9.25. The monoisotopic (exact) mass is 352 g/mol. The Morgan fingerprint density at radius 2 is 1.67 bits per heavy atom. The molecule has 1 aliphatic carbocycles. The summed E-state index contributed by atoms with van der Waals surface area (Å²) in [7, 11) is 1.65. The number of hydrogen-bond donors (Lipinski definition) is 3. The van der Waals surface area contributed by atoms with Crippen molar-refractivity contribution in [2.75, 3.05) is 20.1 Å². The molecule has 0 spiro atoms. The van der Waals surface area contributed by atoms with E-state index in [2.05, 4.69) is 28.3 Å². The summed E-state index contributed by atoms with van der Waals surface area (Å²) in [6.45, 7) is 2.47. The molecule has 1 aromatic carbocycles. The molecule has 2 atom stereocenters. The molecule has 0 bridgehead atoms. The van der Waals surface area contributed by atoms with Crippen molar-refractivity contribution >= 4 is 11.6 Å². The third-order valence-corrected chi connectivity index (χ3v) is 5.59. The summed E-state index contributed by atoms with van der Waals surface area (Å²) in [5, 5.41) is 0.833. The van der Waals surface area contributed by atoms with Crippen LogP contribution in [-0.4, -0.2) is 37.1 Å². The van der Waals surface area contributed by atoms with Crippen molar-refractivity contribution in [1.29, 1.82) is 0 Å². The van der Waals surface area contributed by atoms with Gasteiger partial charge in [0.05, 0.1) is 0 Å². The predicted molar refractivity (Wildman–Crippen MR) is 103 cm³/mol. The molecule has 0 aromatic heterocycles. The Bertz CT molecular complexity index is 457. The lowest BCUT2D eigenvalue weighted by Gasteiger charge is -2.42. The largest absolute Gasteiger partial charge is 0.326 e. The van der Waals surface area contributed by atoms with Crippen LogP contribution in [0.25, 0.3) is 0 Å². The summed E-state index contributed by atoms with van der Waals surface area (Å²) in [5.74, 6) is 5.42. The highest BCUT2D eigenvalue weighted by atomic mass is 35.5. The van der Waals surface area contributed by atoms with Crippen LogP contribution in [0.4, 0.5) is 0 Å². The van der Waals surface area contributed by atoms with Crippen LogP contribution in [0, 0.1) is 5.92 Å². The smallest absolute Gasteiger partial charge is 0.0406 e. The van der Waals surface area contributed by atoms with Crippen LogP contribution in [0.15, 0.2) is 24.3 Å². The van der Waals surface area contributed by atoms with E-state index in [1.54, 1.807) is 7.05 Å². The lowest BCUT2D eigenvalue weighted by molar-refractivity contribution is 0.0937. The van der Waals surface area contributed by atoms with Gasteiger partial charge in [-0.2, -0.15) is 0 Å². The third kappa shape index (κ3) is 6.01. The normalized spacial score (nSPS) is 25.8. The van der Waals surface area contributed by atoms with E-state index in [1.807, 2.05) is 12.1 Å². The van der Waals surface area contributed by atoms with E-state index < -0.39 is 0 Å². The first kappa shape index (κ1) is 19.7. The van der Waals surface area contributed by atoms with Gasteiger partial charge >= 0.3 is 0 Å². The van der Waals surface area contributed by atoms with Gasteiger partial charge in [0.25, 0.3) is 0 Å². The second-order valence-corrected chi connectivity index (χ2v) is 7.55. The van der Waals surface area contributed by atoms with Crippen molar-refractivity contribution in [3.05, 3.63) is 34.9 Å². The Labute approximate surface area is 151 Å². The molecule has 1 heterocycles. The van der Waals surface area contributed by atoms with Gasteiger partial charge in [-0.3, -0.25) is 16.2 Å². The summed E-state index contributed by atoms with van der Waals surface area (Å²) < 4.78 is 0. The minimum atomic E-state index is 0.409. The first-order chi connectivity index (χ1) is 11.6. The molecule has 2 aliphatic rings. The van der Waals surface area contributed by atoms with Gasteiger partial charge in [-0.1, -0.05) is 36.6 Å². The first-order valence-corrected chi connectivity index (χ1v) is 9.63. The highest BCUT2D eigenvalue weighted by molar-refractivity contribution is 6.30. The van der Waals surface area contributed by atoms with Crippen molar-refractivity contribution < 1.29 is 0 Å². The molecule has 1 aliphatic heterocycles. The molecule has 2 unspecified atom stereocenters. The second kappa shape index (κ2) is 10.4. The molecular weight excluding hydrogens is 320 g/mol. The maximum atomic E-state index is 6.33. The number of hydrogen-bond acceptors (Lipinski definition) is 4. The average Bonchev–Trinajstić information content (AvgIpc) is 2.59. The molecule has 1 saturated carbocycles. The van der Waals surface area contributed by atoms with Crippen LogP contribution in [0.2, 0.25) is 5.02 Å². The standard InChI is InChI=1S/C18H27ClN2.CH6N2/c19-16-7-5-14(6-8-16)13-15-9-11-21(12-10-15)18-4-2-1-3-17(18)20;1-3-2/h5-8,15,17-18H,1-4,9-13,20H2;3H,2H2,1H3. The molecule has 0 radical (unpaired) electrons. The van der Waals surface area contributed by atoms with Crippen molar-refractivity contribution in [3.63, 3.8) is 0 Å². The summed E-state index contributed by atoms with van der Waals surface area (Å²) >= 11 is 5.95. The Morgan fingerprint density at radius 3 is 2.25 bits per heavy atom. The SMILES string of the molecule is CNN.NC1CCCCC1N1CCC(Cc2ccc(Cl)cc2)CC1. The number of halogens is 1. The van der Waals surface area contributed by atoms with Gasteiger partial charge in [0, 0.05) is 17.1 Å². The molecule has 136 valence electrons. The Kier molecular flexibility index (Phi) is 8.50. The van der Waals surface area contributed by atoms with Gasteiger partial charge in [0.15, 0.2) is 0 Å². The van der Waals surface area contributed by atoms with Crippen molar-refractivity contribution in [2.45, 2.75) is 57.0 Å². The van der Waals surface area contributed by atoms with Crippen molar-refractivity contribution in [3.8, 4) is 0 Å². The van der Waals surface area contributed by atoms with E-state index in [4.69, 9.17) is 17.3 Å². The number of nitrogens with one attached hydrogen (secondary N) is 1. The van der Waals surface area contributed by atoms with E-state index in [1.165, 1.54) is 63.6 Å². The second-order valence-electron chi connectivity index (χ2n) is 7.11. The number of likely N-dealkylation sites (tertiary alicyclic amines) is 1. The molecular formula is C19H33ClN4. The molecule has 3 rings (SSSR count). The van der Waals surface area contributed by atoms with Crippen molar-refractivity contribution in [1.82, 2.24) is 10.3 Å². The molecule has 2 fully saturated rings. The maximum Gasteiger partial charge on any atom is 0.0406 e. The summed E-state index contributed by atoms with van der Waals surface area (Å²) in [5.41, 5.74) is 10.0. The average molecular weight is 353 g/mol. The topological polar surface area (TPSA) is 67.3 Å². The Balaban J connectivity index is 0.000000647. The number of nitrogens with two attached hydrogens (primary N) is 2. The van der Waals surface area contributed by atoms with Crippen molar-refractivity contribution in [2.24, 2.45) is 17.5 Å². The van der Waals surface area contributed by atoms with Crippen LogP contribution in [0.5, 0.6) is 0 Å². The van der Waals surface area contributed by atoms with E-state index in [0.29, 0.717) is 12.1 Å². The zero-order chi connectivity index (χ0) is 17.4. The number of piperidine rings is 1. The minimum Gasteiger partial charge on any atom is -0.326 e. The Hall–Kier alpha value is -0.650. The third-order valence-electron chi connectivity index (χ3n) is 5.34. The molecule has 5 heteroatoms. The van der Waals surface area contributed by atoms with Gasteiger partial charge in [0.1, 0.15) is 0 Å². The van der Waals surface area contributed by atoms with Crippen LogP contribution in [-0.2, 0) is 6.42 Å². The summed E-state index contributed by atoms with van der Waals surface area (Å²) in [6, 6.07) is 9.42. The highest BCUT2D eigenvalue weighted by Gasteiger charge is 2.30. The fourth-order valence-corrected chi connectivity index (χ4v) is 4.16. The maximum absolute atomic E-state index is 6.33. The lowest BCUT2D eigenvalue weighted by Crippen LogP contribution is -2.52. The predicted octanol–water partition coefficient (Wildman–Crippen LogP) is 2.94. The van der Waals surface area contributed by atoms with Gasteiger partial charge in [-0.25, -0.2) is 0 Å². The van der Waals surface area contributed by atoms with E-state index in [0.717, 1.165) is 10.9 Å². The number of rotatable bonds is 3. The van der Waals surface area contributed by atoms with Crippen LogP contribution in [0.1, 0.15) is 44.1 Å². The van der Waals surface area contributed by atoms with E-state index >= 15 is 0 Å². The van der Waals surface area contributed by atoms with Gasteiger partial charge in [-0.05, 0) is 75.9 Å². The molecule has 5 N–H and O–H groups in total. The van der Waals surface area contributed by atoms with Gasteiger partial charge < -0.3 is 5.73 Å². The molecule has 4 nitrogen and oxygen atoms in total. The highest BCUT2D eigenvalue weighted by Crippen LogP contribution is 2.28. The fraction of sp³-hybridized carbons (Fsp3) is 0.684. The fourth-order valence-electron chi connectivity index (χ4n) is 4.04. The van der Waals surface area contributed by atoms with E-state index in [-0.39, 0.29) is 0 Å². The molecule has 1 aromatic rings. The Morgan fingerprint density at radius 1 is 1.08 bits per heavy atom. The van der Waals surface area contributed by atoms with Crippen LogP contribution in [0.3, 0.4) is 0 Å². The minimum absolute atomic E-state index is 0.409. The number of hydrazine groups is 1. The van der Waals surface area contributed by atoms with Gasteiger partial charge in [-0.15, -0.1) is 0 Å². The van der Waals surface area contributed by atoms with Crippen LogP contribution >= 0.6 is 11.6 Å². The zero-order valence-corrected chi connectivity index (χ0v) is 15.6. The molecule has 0 amide bonds. The van der Waals surface area contributed by atoms with Gasteiger partial charge in [0.2, 0.25) is 0 Å². The number of benzene rings is 1. The molecule has 1 saturated heterocycles. The molecule has 24 heavy (non-hydrogen) atoms. The number of nitrogens with zero attached hydrogens (tertiary/aromatic N) is 1. The summed E-state index contributed by atoms with van der Waals surface area (Å²) in [6.07, 6.45) is 9.03.